The van der Waals surface area contributed by atoms with Crippen molar-refractivity contribution < 1.29 is 4.39 Å². The van der Waals surface area contributed by atoms with Crippen molar-refractivity contribution in [2.24, 2.45) is 11.5 Å². The van der Waals surface area contributed by atoms with Gasteiger partial charge in [-0.25, -0.2) is 4.39 Å². The molecular weight excluding hydrogens is 211 g/mol. The normalized spacial score (nSPS) is 17.1. The highest BCUT2D eigenvalue weighted by molar-refractivity contribution is 8.06. The zero-order valence-corrected chi connectivity index (χ0v) is 8.80. The molecule has 78 valence electrons. The number of hydrogen-bond donors (Lipinski definition) is 2. The maximum atomic E-state index is 13.5. The standard InChI is InChI=1S/C11H11FN2S/c12-9-4-2-1-3-8(9)7-5-10(13)15-11(14)6-7/h1-7H,13-14H2. The summed E-state index contributed by atoms with van der Waals surface area (Å²) in [4.78, 5) is 0. The van der Waals surface area contributed by atoms with Crippen LogP contribution < -0.4 is 11.5 Å². The predicted octanol–water partition coefficient (Wildman–Crippen LogP) is 2.26. The lowest BCUT2D eigenvalue weighted by Crippen LogP contribution is -2.08. The monoisotopic (exact) mass is 222 g/mol. The largest absolute Gasteiger partial charge is 0.393 e. The molecule has 15 heavy (non-hydrogen) atoms. The molecule has 0 unspecified atom stereocenters. The Morgan fingerprint density at radius 3 is 2.27 bits per heavy atom. The molecule has 0 bridgehead atoms. The summed E-state index contributed by atoms with van der Waals surface area (Å²) in [5.74, 6) is -0.394. The first-order valence-corrected chi connectivity index (χ1v) is 5.35. The Balaban J connectivity index is 2.39. The van der Waals surface area contributed by atoms with Gasteiger partial charge in [0.1, 0.15) is 5.82 Å². The van der Waals surface area contributed by atoms with Gasteiger partial charge in [-0.15, -0.1) is 0 Å². The average molecular weight is 222 g/mol. The van der Waals surface area contributed by atoms with Crippen LogP contribution in [0.3, 0.4) is 0 Å². The molecule has 0 radical (unpaired) electrons. The van der Waals surface area contributed by atoms with Crippen LogP contribution in [0.15, 0.2) is 46.5 Å². The van der Waals surface area contributed by atoms with Gasteiger partial charge < -0.3 is 11.5 Å². The first-order chi connectivity index (χ1) is 7.16. The van der Waals surface area contributed by atoms with Crippen LogP contribution in [0.2, 0.25) is 0 Å². The second-order valence-corrected chi connectivity index (χ2v) is 4.43. The molecule has 0 saturated carbocycles. The average Bonchev–Trinajstić information content (AvgIpc) is 2.16. The molecular formula is C11H11FN2S. The number of thioether (sulfide) groups is 1. The molecule has 0 saturated heterocycles. The molecule has 0 amide bonds. The highest BCUT2D eigenvalue weighted by atomic mass is 32.2. The molecule has 2 nitrogen and oxygen atoms in total. The van der Waals surface area contributed by atoms with E-state index < -0.39 is 0 Å². The molecule has 0 aromatic heterocycles. The topological polar surface area (TPSA) is 52.0 Å². The fourth-order valence-electron chi connectivity index (χ4n) is 1.53. The first kappa shape index (κ1) is 10.1. The minimum absolute atomic E-state index is 0.160. The maximum Gasteiger partial charge on any atom is 0.127 e. The first-order valence-electron chi connectivity index (χ1n) is 4.53. The molecule has 1 aromatic carbocycles. The van der Waals surface area contributed by atoms with Gasteiger partial charge >= 0.3 is 0 Å². The fraction of sp³-hybridized carbons (Fsp3) is 0.0909. The van der Waals surface area contributed by atoms with E-state index >= 15 is 0 Å². The van der Waals surface area contributed by atoms with E-state index in [2.05, 4.69) is 0 Å². The molecule has 1 aliphatic heterocycles. The van der Waals surface area contributed by atoms with Crippen molar-refractivity contribution >= 4 is 11.8 Å². The van der Waals surface area contributed by atoms with Crippen LogP contribution in [0.4, 0.5) is 4.39 Å². The molecule has 4 heteroatoms. The van der Waals surface area contributed by atoms with Crippen LogP contribution in [-0.2, 0) is 0 Å². The molecule has 1 aliphatic rings. The maximum absolute atomic E-state index is 13.5. The van der Waals surface area contributed by atoms with Crippen LogP contribution >= 0.6 is 11.8 Å². The molecule has 2 rings (SSSR count). The van der Waals surface area contributed by atoms with Crippen LogP contribution in [0.1, 0.15) is 11.5 Å². The molecule has 0 fully saturated rings. The van der Waals surface area contributed by atoms with Crippen molar-refractivity contribution in [2.45, 2.75) is 5.92 Å². The van der Waals surface area contributed by atoms with Gasteiger partial charge in [0.25, 0.3) is 0 Å². The Morgan fingerprint density at radius 2 is 1.67 bits per heavy atom. The minimum atomic E-state index is -0.234. The molecule has 4 N–H and O–H groups in total. The summed E-state index contributed by atoms with van der Waals surface area (Å²) in [5.41, 5.74) is 12.0. The van der Waals surface area contributed by atoms with Crippen LogP contribution in [0.5, 0.6) is 0 Å². The van der Waals surface area contributed by atoms with Gasteiger partial charge in [0, 0.05) is 5.92 Å². The number of benzene rings is 1. The lowest BCUT2D eigenvalue weighted by atomic mass is 9.98. The number of hydrogen-bond acceptors (Lipinski definition) is 3. The summed E-state index contributed by atoms with van der Waals surface area (Å²) in [6.07, 6.45) is 3.61. The molecule has 0 atom stereocenters. The fourth-order valence-corrected chi connectivity index (χ4v) is 2.23. The zero-order chi connectivity index (χ0) is 10.8. The van der Waals surface area contributed by atoms with Crippen LogP contribution in [-0.4, -0.2) is 0 Å². The lowest BCUT2D eigenvalue weighted by Gasteiger charge is -2.16. The zero-order valence-electron chi connectivity index (χ0n) is 7.98. The van der Waals surface area contributed by atoms with Crippen LogP contribution in [0.25, 0.3) is 0 Å². The van der Waals surface area contributed by atoms with E-state index in [0.717, 1.165) is 0 Å². The third-order valence-corrected chi connectivity index (χ3v) is 2.93. The summed E-state index contributed by atoms with van der Waals surface area (Å²) >= 11 is 1.30. The molecule has 1 heterocycles. The van der Waals surface area contributed by atoms with Crippen molar-refractivity contribution in [1.29, 1.82) is 0 Å². The number of rotatable bonds is 1. The Labute approximate surface area is 91.8 Å². The van der Waals surface area contributed by atoms with E-state index in [0.29, 0.717) is 15.6 Å². The van der Waals surface area contributed by atoms with Gasteiger partial charge in [0.15, 0.2) is 0 Å². The highest BCUT2D eigenvalue weighted by Gasteiger charge is 2.16. The summed E-state index contributed by atoms with van der Waals surface area (Å²) < 4.78 is 13.5. The second kappa shape index (κ2) is 3.98. The minimum Gasteiger partial charge on any atom is -0.393 e. The van der Waals surface area contributed by atoms with Crippen molar-refractivity contribution in [1.82, 2.24) is 0 Å². The Morgan fingerprint density at radius 1 is 1.07 bits per heavy atom. The Bertz CT molecular complexity index is 422. The van der Waals surface area contributed by atoms with Gasteiger partial charge in [-0.3, -0.25) is 0 Å². The third-order valence-electron chi connectivity index (χ3n) is 2.19. The quantitative estimate of drug-likeness (QED) is 0.766. The second-order valence-electron chi connectivity index (χ2n) is 3.29. The van der Waals surface area contributed by atoms with Gasteiger partial charge in [-0.2, -0.15) is 0 Å². The van der Waals surface area contributed by atoms with E-state index in [-0.39, 0.29) is 11.7 Å². The van der Waals surface area contributed by atoms with Crippen molar-refractivity contribution in [3.63, 3.8) is 0 Å². The number of allylic oxidation sites excluding steroid dienone is 2. The lowest BCUT2D eigenvalue weighted by molar-refractivity contribution is 0.609. The SMILES string of the molecule is NC1=CC(c2ccccc2F)C=C(N)S1. The smallest absolute Gasteiger partial charge is 0.127 e. The molecule has 0 spiro atoms. The van der Waals surface area contributed by atoms with E-state index in [1.807, 2.05) is 0 Å². The number of halogens is 1. The van der Waals surface area contributed by atoms with Gasteiger partial charge in [0.05, 0.1) is 10.1 Å². The van der Waals surface area contributed by atoms with Gasteiger partial charge in [0.2, 0.25) is 0 Å². The molecule has 0 aliphatic carbocycles. The van der Waals surface area contributed by atoms with Gasteiger partial charge in [-0.05, 0) is 23.8 Å². The van der Waals surface area contributed by atoms with E-state index in [9.17, 15) is 4.39 Å². The highest BCUT2D eigenvalue weighted by Crippen LogP contribution is 2.32. The summed E-state index contributed by atoms with van der Waals surface area (Å²) in [6.45, 7) is 0. The number of nitrogens with two attached hydrogens (primary N) is 2. The van der Waals surface area contributed by atoms with E-state index in [1.165, 1.54) is 17.8 Å². The van der Waals surface area contributed by atoms with Crippen LogP contribution in [0, 0.1) is 5.82 Å². The van der Waals surface area contributed by atoms with E-state index in [4.69, 9.17) is 11.5 Å². The van der Waals surface area contributed by atoms with Crippen molar-refractivity contribution in [2.75, 3.05) is 0 Å². The van der Waals surface area contributed by atoms with Gasteiger partial charge in [-0.1, -0.05) is 30.0 Å². The van der Waals surface area contributed by atoms with E-state index in [1.54, 1.807) is 30.4 Å². The molecule has 1 aromatic rings. The summed E-state index contributed by atoms with van der Waals surface area (Å²) in [5, 5.41) is 1.23. The summed E-state index contributed by atoms with van der Waals surface area (Å²) in [7, 11) is 0. The Hall–Kier alpha value is -1.42. The Kier molecular flexibility index (Phi) is 2.68. The summed E-state index contributed by atoms with van der Waals surface area (Å²) in [6, 6.07) is 6.64. The predicted molar refractivity (Wildman–Crippen MR) is 61.3 cm³/mol. The van der Waals surface area contributed by atoms with Crippen molar-refractivity contribution in [3.05, 3.63) is 57.9 Å². The third kappa shape index (κ3) is 2.15. The van der Waals surface area contributed by atoms with Crippen molar-refractivity contribution in [3.8, 4) is 0 Å².